The van der Waals surface area contributed by atoms with Crippen molar-refractivity contribution in [1.29, 1.82) is 0 Å². The summed E-state index contributed by atoms with van der Waals surface area (Å²) >= 11 is 0. The number of rotatable bonds is 8. The van der Waals surface area contributed by atoms with Gasteiger partial charge in [0, 0.05) is 29.9 Å². The van der Waals surface area contributed by atoms with Crippen LogP contribution in [0.25, 0.3) is 11.3 Å². The van der Waals surface area contributed by atoms with E-state index in [9.17, 15) is 0 Å². The van der Waals surface area contributed by atoms with Crippen molar-refractivity contribution in [3.8, 4) is 22.8 Å². The lowest BCUT2D eigenvalue weighted by Crippen LogP contribution is -2.10. The summed E-state index contributed by atoms with van der Waals surface area (Å²) in [4.78, 5) is 9.31. The lowest BCUT2D eigenvalue weighted by Gasteiger charge is -2.14. The van der Waals surface area contributed by atoms with Gasteiger partial charge in [-0.1, -0.05) is 44.2 Å². The summed E-state index contributed by atoms with van der Waals surface area (Å²) in [5.74, 6) is 3.12. The monoisotopic (exact) mass is 378 g/mol. The first-order chi connectivity index (χ1) is 13.6. The molecule has 3 rings (SSSR count). The SMILES string of the molecule is COc1ccc(Nc2nc(NCC(C)C)cc(-c3ccccc3)n2)cc1OC. The molecule has 0 aliphatic carbocycles. The molecule has 1 aromatic heterocycles. The summed E-state index contributed by atoms with van der Waals surface area (Å²) in [6.07, 6.45) is 0. The molecule has 6 nitrogen and oxygen atoms in total. The smallest absolute Gasteiger partial charge is 0.229 e. The molecular weight excluding hydrogens is 352 g/mol. The zero-order chi connectivity index (χ0) is 19.9. The van der Waals surface area contributed by atoms with Gasteiger partial charge in [-0.25, -0.2) is 4.98 Å². The average molecular weight is 378 g/mol. The van der Waals surface area contributed by atoms with Gasteiger partial charge < -0.3 is 20.1 Å². The molecule has 0 saturated heterocycles. The van der Waals surface area contributed by atoms with Gasteiger partial charge in [-0.2, -0.15) is 4.98 Å². The number of hydrogen-bond donors (Lipinski definition) is 2. The largest absolute Gasteiger partial charge is 0.493 e. The maximum absolute atomic E-state index is 5.38. The van der Waals surface area contributed by atoms with Gasteiger partial charge in [0.25, 0.3) is 0 Å². The fourth-order valence-electron chi connectivity index (χ4n) is 2.70. The van der Waals surface area contributed by atoms with Crippen molar-refractivity contribution < 1.29 is 9.47 Å². The van der Waals surface area contributed by atoms with Gasteiger partial charge in [0.1, 0.15) is 5.82 Å². The van der Waals surface area contributed by atoms with E-state index in [2.05, 4.69) is 34.4 Å². The zero-order valence-electron chi connectivity index (χ0n) is 16.7. The van der Waals surface area contributed by atoms with E-state index in [1.54, 1.807) is 14.2 Å². The van der Waals surface area contributed by atoms with Crippen molar-refractivity contribution in [2.24, 2.45) is 5.92 Å². The first-order valence-electron chi connectivity index (χ1n) is 9.26. The molecule has 0 aliphatic rings. The van der Waals surface area contributed by atoms with Crippen molar-refractivity contribution in [1.82, 2.24) is 9.97 Å². The summed E-state index contributed by atoms with van der Waals surface area (Å²) in [5.41, 5.74) is 2.70. The minimum Gasteiger partial charge on any atom is -0.493 e. The summed E-state index contributed by atoms with van der Waals surface area (Å²) in [6.45, 7) is 5.16. The van der Waals surface area contributed by atoms with Crippen molar-refractivity contribution in [2.45, 2.75) is 13.8 Å². The molecule has 0 spiro atoms. The Kier molecular flexibility index (Phi) is 6.32. The molecule has 0 bridgehead atoms. The van der Waals surface area contributed by atoms with E-state index in [4.69, 9.17) is 9.47 Å². The summed E-state index contributed by atoms with van der Waals surface area (Å²) in [7, 11) is 3.23. The number of aromatic nitrogens is 2. The number of anilines is 3. The first-order valence-corrected chi connectivity index (χ1v) is 9.26. The van der Waals surface area contributed by atoms with Crippen LogP contribution in [0, 0.1) is 5.92 Å². The minimum atomic E-state index is 0.511. The molecule has 0 amide bonds. The highest BCUT2D eigenvalue weighted by Crippen LogP contribution is 2.31. The van der Waals surface area contributed by atoms with Gasteiger partial charge in [0.05, 0.1) is 19.9 Å². The van der Waals surface area contributed by atoms with Gasteiger partial charge in [-0.3, -0.25) is 0 Å². The molecule has 6 heteroatoms. The fraction of sp³-hybridized carbons (Fsp3) is 0.273. The van der Waals surface area contributed by atoms with Gasteiger partial charge in [-0.15, -0.1) is 0 Å². The number of ether oxygens (including phenoxy) is 2. The second-order valence-electron chi connectivity index (χ2n) is 6.80. The quantitative estimate of drug-likeness (QED) is 0.577. The lowest BCUT2D eigenvalue weighted by molar-refractivity contribution is 0.355. The van der Waals surface area contributed by atoms with Crippen molar-refractivity contribution in [3.05, 3.63) is 54.6 Å². The second kappa shape index (κ2) is 9.08. The number of benzene rings is 2. The average Bonchev–Trinajstić information content (AvgIpc) is 2.72. The molecule has 0 fully saturated rings. The Morgan fingerprint density at radius 3 is 2.32 bits per heavy atom. The Labute approximate surface area is 166 Å². The van der Waals surface area contributed by atoms with Gasteiger partial charge in [-0.05, 0) is 18.1 Å². The predicted octanol–water partition coefficient (Wildman–Crippen LogP) is 4.97. The lowest BCUT2D eigenvalue weighted by atomic mass is 10.1. The standard InChI is InChI=1S/C22H26N4O2/c1-15(2)14-23-21-13-18(16-8-6-5-7-9-16)25-22(26-21)24-17-10-11-19(27-3)20(12-17)28-4/h5-13,15H,14H2,1-4H3,(H2,23,24,25,26). The molecule has 2 N–H and O–H groups in total. The Morgan fingerprint density at radius 2 is 1.64 bits per heavy atom. The molecule has 1 heterocycles. The normalized spacial score (nSPS) is 10.6. The number of hydrogen-bond acceptors (Lipinski definition) is 6. The van der Waals surface area contributed by atoms with E-state index < -0.39 is 0 Å². The molecule has 28 heavy (non-hydrogen) atoms. The van der Waals surface area contributed by atoms with E-state index in [0.29, 0.717) is 23.4 Å². The third-order valence-electron chi connectivity index (χ3n) is 4.13. The highest BCUT2D eigenvalue weighted by atomic mass is 16.5. The van der Waals surface area contributed by atoms with Crippen LogP contribution in [0.3, 0.4) is 0 Å². The molecule has 0 saturated carbocycles. The Bertz CT molecular complexity index is 914. The zero-order valence-corrected chi connectivity index (χ0v) is 16.7. The van der Waals surface area contributed by atoms with Crippen LogP contribution in [-0.4, -0.2) is 30.7 Å². The summed E-state index contributed by atoms with van der Waals surface area (Å²) in [5, 5.41) is 6.66. The molecule has 146 valence electrons. The van der Waals surface area contributed by atoms with Gasteiger partial charge in [0.2, 0.25) is 5.95 Å². The molecule has 0 aliphatic heterocycles. The molecule has 2 aromatic carbocycles. The van der Waals surface area contributed by atoms with Crippen LogP contribution in [0.15, 0.2) is 54.6 Å². The Morgan fingerprint density at radius 1 is 0.893 bits per heavy atom. The Hall–Kier alpha value is -3.28. The van der Waals surface area contributed by atoms with E-state index in [0.717, 1.165) is 29.3 Å². The van der Waals surface area contributed by atoms with E-state index in [1.165, 1.54) is 0 Å². The highest BCUT2D eigenvalue weighted by molar-refractivity contribution is 5.67. The predicted molar refractivity (Wildman–Crippen MR) is 114 cm³/mol. The number of nitrogens with one attached hydrogen (secondary N) is 2. The maximum atomic E-state index is 5.38. The van der Waals surface area contributed by atoms with Crippen LogP contribution >= 0.6 is 0 Å². The molecule has 0 radical (unpaired) electrons. The molecule has 0 unspecified atom stereocenters. The third-order valence-corrected chi connectivity index (χ3v) is 4.13. The second-order valence-corrected chi connectivity index (χ2v) is 6.80. The van der Waals surface area contributed by atoms with Crippen LogP contribution in [-0.2, 0) is 0 Å². The van der Waals surface area contributed by atoms with Crippen molar-refractivity contribution in [3.63, 3.8) is 0 Å². The Balaban J connectivity index is 1.94. The van der Waals surface area contributed by atoms with Crippen LogP contribution in [0.2, 0.25) is 0 Å². The molecule has 0 atom stereocenters. The summed E-state index contributed by atoms with van der Waals surface area (Å²) < 4.78 is 10.7. The van der Waals surface area contributed by atoms with E-state index in [1.807, 2.05) is 54.6 Å². The minimum absolute atomic E-state index is 0.511. The number of nitrogens with zero attached hydrogens (tertiary/aromatic N) is 2. The van der Waals surface area contributed by atoms with Gasteiger partial charge in [0.15, 0.2) is 11.5 Å². The molecule has 3 aromatic rings. The molecular formula is C22H26N4O2. The van der Waals surface area contributed by atoms with E-state index >= 15 is 0 Å². The first kappa shape index (κ1) is 19.5. The number of methoxy groups -OCH3 is 2. The van der Waals surface area contributed by atoms with Crippen LogP contribution in [0.1, 0.15) is 13.8 Å². The van der Waals surface area contributed by atoms with Crippen molar-refractivity contribution >= 4 is 17.5 Å². The van der Waals surface area contributed by atoms with Crippen LogP contribution in [0.5, 0.6) is 11.5 Å². The fourth-order valence-corrected chi connectivity index (χ4v) is 2.70. The van der Waals surface area contributed by atoms with E-state index in [-0.39, 0.29) is 0 Å². The van der Waals surface area contributed by atoms with Crippen LogP contribution in [0.4, 0.5) is 17.5 Å². The highest BCUT2D eigenvalue weighted by Gasteiger charge is 2.10. The van der Waals surface area contributed by atoms with Gasteiger partial charge >= 0.3 is 0 Å². The van der Waals surface area contributed by atoms with Crippen LogP contribution < -0.4 is 20.1 Å². The van der Waals surface area contributed by atoms with Crippen molar-refractivity contribution in [2.75, 3.05) is 31.4 Å². The summed E-state index contributed by atoms with van der Waals surface area (Å²) in [6, 6.07) is 17.6. The maximum Gasteiger partial charge on any atom is 0.229 e. The third kappa shape index (κ3) is 4.91. The topological polar surface area (TPSA) is 68.3 Å².